The first kappa shape index (κ1) is 21.0. The molecule has 0 bridgehead atoms. The Morgan fingerprint density at radius 2 is 1.87 bits per heavy atom. The van der Waals surface area contributed by atoms with Crippen molar-refractivity contribution in [3.63, 3.8) is 0 Å². The molecule has 1 saturated heterocycles. The molecule has 1 aliphatic rings. The Labute approximate surface area is 179 Å². The minimum atomic E-state index is -0.285. The number of methoxy groups -OCH3 is 1. The fourth-order valence-electron chi connectivity index (χ4n) is 3.78. The molecule has 0 radical (unpaired) electrons. The Hall–Kier alpha value is -3.30. The monoisotopic (exact) mass is 424 g/mol. The van der Waals surface area contributed by atoms with Crippen molar-refractivity contribution in [3.05, 3.63) is 71.3 Å². The number of carbonyl (C=O) groups is 1. The first-order valence-corrected chi connectivity index (χ1v) is 10.1. The van der Waals surface area contributed by atoms with Crippen molar-refractivity contribution in [1.82, 2.24) is 26.0 Å². The predicted molar refractivity (Wildman–Crippen MR) is 114 cm³/mol. The molecule has 2 heterocycles. The molecule has 0 aliphatic carbocycles. The summed E-state index contributed by atoms with van der Waals surface area (Å²) in [6.07, 6.45) is 0.774. The van der Waals surface area contributed by atoms with Crippen molar-refractivity contribution in [1.29, 1.82) is 0 Å². The van der Waals surface area contributed by atoms with Gasteiger partial charge < -0.3 is 4.74 Å². The number of hydrazine groups is 1. The Balaban J connectivity index is 1.37. The van der Waals surface area contributed by atoms with Crippen molar-refractivity contribution in [2.75, 3.05) is 12.4 Å². The van der Waals surface area contributed by atoms with Gasteiger partial charge in [-0.2, -0.15) is 4.98 Å². The summed E-state index contributed by atoms with van der Waals surface area (Å²) >= 11 is 0. The smallest absolute Gasteiger partial charge is 0.248 e. The molecule has 2 aromatic carbocycles. The lowest BCUT2D eigenvalue weighted by Gasteiger charge is -2.20. The van der Waals surface area contributed by atoms with Gasteiger partial charge in [0.1, 0.15) is 17.4 Å². The number of H-pyrrole nitrogens is 1. The number of halogens is 1. The van der Waals surface area contributed by atoms with Crippen LogP contribution in [0.1, 0.15) is 36.3 Å². The van der Waals surface area contributed by atoms with Crippen LogP contribution >= 0.6 is 0 Å². The first-order valence-electron chi connectivity index (χ1n) is 10.1. The van der Waals surface area contributed by atoms with Gasteiger partial charge in [-0.3, -0.25) is 20.6 Å². The number of benzene rings is 2. The second kappa shape index (κ2) is 9.23. The SMILES string of the molecule is COc1ccc(C2NNC(C)C2CC(=O)Nc2n[nH]c(Cc3ccc(F)cc3)n2)cc1. The van der Waals surface area contributed by atoms with Crippen LogP contribution in [-0.4, -0.2) is 34.2 Å². The molecule has 3 aromatic rings. The van der Waals surface area contributed by atoms with E-state index in [0.29, 0.717) is 18.7 Å². The number of carbonyl (C=O) groups excluding carboxylic acids is 1. The van der Waals surface area contributed by atoms with Crippen LogP contribution in [0.25, 0.3) is 0 Å². The van der Waals surface area contributed by atoms with E-state index in [1.54, 1.807) is 19.2 Å². The summed E-state index contributed by atoms with van der Waals surface area (Å²) in [5, 5.41) is 9.66. The number of amides is 1. The number of aromatic nitrogens is 3. The number of hydrogen-bond donors (Lipinski definition) is 4. The molecule has 1 amide bonds. The summed E-state index contributed by atoms with van der Waals surface area (Å²) in [4.78, 5) is 17.0. The zero-order valence-electron chi connectivity index (χ0n) is 17.4. The summed E-state index contributed by atoms with van der Waals surface area (Å²) in [6.45, 7) is 2.04. The average Bonchev–Trinajstić information content (AvgIpc) is 3.36. The van der Waals surface area contributed by atoms with Crippen LogP contribution in [0.3, 0.4) is 0 Å². The van der Waals surface area contributed by atoms with E-state index in [9.17, 15) is 9.18 Å². The highest BCUT2D eigenvalue weighted by molar-refractivity contribution is 5.89. The number of nitrogens with one attached hydrogen (secondary N) is 4. The molecule has 9 heteroatoms. The van der Waals surface area contributed by atoms with E-state index in [1.807, 2.05) is 31.2 Å². The van der Waals surface area contributed by atoms with E-state index in [4.69, 9.17) is 4.74 Å². The molecule has 1 aliphatic heterocycles. The van der Waals surface area contributed by atoms with Gasteiger partial charge in [0, 0.05) is 24.8 Å². The molecule has 4 rings (SSSR count). The van der Waals surface area contributed by atoms with Gasteiger partial charge in [-0.25, -0.2) is 9.82 Å². The highest BCUT2D eigenvalue weighted by Crippen LogP contribution is 2.32. The molecule has 0 saturated carbocycles. The maximum absolute atomic E-state index is 13.0. The quantitative estimate of drug-likeness (QED) is 0.465. The van der Waals surface area contributed by atoms with Crippen LogP contribution in [0.2, 0.25) is 0 Å². The molecule has 1 aromatic heterocycles. The van der Waals surface area contributed by atoms with Gasteiger partial charge >= 0.3 is 0 Å². The Morgan fingerprint density at radius 1 is 1.13 bits per heavy atom. The van der Waals surface area contributed by atoms with E-state index in [2.05, 4.69) is 31.3 Å². The van der Waals surface area contributed by atoms with Crippen LogP contribution in [-0.2, 0) is 11.2 Å². The van der Waals surface area contributed by atoms with Crippen LogP contribution in [0, 0.1) is 11.7 Å². The van der Waals surface area contributed by atoms with Crippen molar-refractivity contribution in [2.45, 2.75) is 31.8 Å². The van der Waals surface area contributed by atoms with Gasteiger partial charge in [-0.05, 0) is 42.3 Å². The summed E-state index contributed by atoms with van der Waals surface area (Å²) < 4.78 is 18.3. The second-order valence-corrected chi connectivity index (χ2v) is 7.65. The molecule has 1 fully saturated rings. The van der Waals surface area contributed by atoms with Crippen molar-refractivity contribution >= 4 is 11.9 Å². The minimum absolute atomic E-state index is 0.00663. The van der Waals surface area contributed by atoms with Crippen LogP contribution in [0.5, 0.6) is 5.75 Å². The van der Waals surface area contributed by atoms with Gasteiger partial charge in [-0.15, -0.1) is 5.10 Å². The average molecular weight is 424 g/mol. The van der Waals surface area contributed by atoms with E-state index in [1.165, 1.54) is 12.1 Å². The molecular formula is C22H25FN6O2. The summed E-state index contributed by atoms with van der Waals surface area (Å²) in [6, 6.07) is 14.1. The Kier molecular flexibility index (Phi) is 6.24. The van der Waals surface area contributed by atoms with Crippen LogP contribution in [0.15, 0.2) is 48.5 Å². The maximum Gasteiger partial charge on any atom is 0.248 e. The van der Waals surface area contributed by atoms with Gasteiger partial charge in [-0.1, -0.05) is 24.3 Å². The topological polar surface area (TPSA) is 104 Å². The van der Waals surface area contributed by atoms with Crippen molar-refractivity contribution < 1.29 is 13.9 Å². The fraction of sp³-hybridized carbons (Fsp3) is 0.318. The molecule has 162 valence electrons. The summed E-state index contributed by atoms with van der Waals surface area (Å²) in [5.74, 6) is 1.22. The molecule has 4 N–H and O–H groups in total. The number of aromatic amines is 1. The normalized spacial score (nSPS) is 20.5. The second-order valence-electron chi connectivity index (χ2n) is 7.65. The van der Waals surface area contributed by atoms with E-state index in [0.717, 1.165) is 16.9 Å². The van der Waals surface area contributed by atoms with Crippen LogP contribution < -0.4 is 20.9 Å². The number of hydrogen-bond acceptors (Lipinski definition) is 6. The number of rotatable bonds is 7. The Morgan fingerprint density at radius 3 is 2.58 bits per heavy atom. The van der Waals surface area contributed by atoms with Crippen LogP contribution in [0.4, 0.5) is 10.3 Å². The van der Waals surface area contributed by atoms with Crippen molar-refractivity contribution in [3.8, 4) is 5.75 Å². The standard InChI is InChI=1S/C22H25FN6O2/c1-13-18(21(28-26-13)15-5-9-17(31-2)10-6-15)12-20(30)25-22-24-19(27-29-22)11-14-3-7-16(23)8-4-14/h3-10,13,18,21,26,28H,11-12H2,1-2H3,(H2,24,25,27,29,30). The maximum atomic E-state index is 13.0. The summed E-state index contributed by atoms with van der Waals surface area (Å²) in [5.41, 5.74) is 8.48. The van der Waals surface area contributed by atoms with E-state index in [-0.39, 0.29) is 35.7 Å². The highest BCUT2D eigenvalue weighted by Gasteiger charge is 2.35. The van der Waals surface area contributed by atoms with E-state index >= 15 is 0 Å². The van der Waals surface area contributed by atoms with Gasteiger partial charge in [0.2, 0.25) is 11.9 Å². The molecular weight excluding hydrogens is 399 g/mol. The predicted octanol–water partition coefficient (Wildman–Crippen LogP) is 2.73. The first-order chi connectivity index (χ1) is 15.0. The number of anilines is 1. The zero-order chi connectivity index (χ0) is 21.8. The number of ether oxygens (including phenoxy) is 1. The molecule has 8 nitrogen and oxygen atoms in total. The summed E-state index contributed by atoms with van der Waals surface area (Å²) in [7, 11) is 1.63. The largest absolute Gasteiger partial charge is 0.497 e. The Bertz CT molecular complexity index is 1020. The lowest BCUT2D eigenvalue weighted by Crippen LogP contribution is -2.29. The molecule has 3 atom stereocenters. The molecule has 31 heavy (non-hydrogen) atoms. The van der Waals surface area contributed by atoms with Gasteiger partial charge in [0.25, 0.3) is 0 Å². The third-order valence-electron chi connectivity index (χ3n) is 5.50. The minimum Gasteiger partial charge on any atom is -0.497 e. The lowest BCUT2D eigenvalue weighted by atomic mass is 9.87. The van der Waals surface area contributed by atoms with Gasteiger partial charge in [0.05, 0.1) is 13.2 Å². The number of nitrogens with zero attached hydrogens (tertiary/aromatic N) is 2. The zero-order valence-corrected chi connectivity index (χ0v) is 17.4. The van der Waals surface area contributed by atoms with Gasteiger partial charge in [0.15, 0.2) is 0 Å². The van der Waals surface area contributed by atoms with E-state index < -0.39 is 0 Å². The lowest BCUT2D eigenvalue weighted by molar-refractivity contribution is -0.117. The third kappa shape index (κ3) is 5.07. The fourth-order valence-corrected chi connectivity index (χ4v) is 3.78. The molecule has 0 spiro atoms. The third-order valence-corrected chi connectivity index (χ3v) is 5.50. The van der Waals surface area contributed by atoms with Crippen molar-refractivity contribution in [2.24, 2.45) is 5.92 Å². The molecule has 3 unspecified atom stereocenters. The highest BCUT2D eigenvalue weighted by atomic mass is 19.1.